The molecule has 2 aromatic carbocycles. The highest BCUT2D eigenvalue weighted by Crippen LogP contribution is 2.25. The molecule has 0 aliphatic carbocycles. The van der Waals surface area contributed by atoms with Crippen LogP contribution in [0, 0.1) is 0 Å². The van der Waals surface area contributed by atoms with Gasteiger partial charge >= 0.3 is 0 Å². The first-order valence-electron chi connectivity index (χ1n) is 8.02. The second-order valence-corrected chi connectivity index (χ2v) is 6.31. The van der Waals surface area contributed by atoms with Gasteiger partial charge < -0.3 is 20.0 Å². The van der Waals surface area contributed by atoms with Crippen molar-refractivity contribution in [1.29, 1.82) is 0 Å². The van der Waals surface area contributed by atoms with E-state index in [0.29, 0.717) is 23.7 Å². The summed E-state index contributed by atoms with van der Waals surface area (Å²) in [6.45, 7) is 2.77. The van der Waals surface area contributed by atoms with Gasteiger partial charge in [-0.15, -0.1) is 0 Å². The topological polar surface area (TPSA) is 64.0 Å². The number of phenols is 2. The van der Waals surface area contributed by atoms with Crippen molar-refractivity contribution >= 4 is 29.3 Å². The highest BCUT2D eigenvalue weighted by molar-refractivity contribution is 6.30. The van der Waals surface area contributed by atoms with Gasteiger partial charge in [0.25, 0.3) is 0 Å². The number of hydrogen-bond acceptors (Lipinski definition) is 4. The number of rotatable bonds is 3. The van der Waals surface area contributed by atoms with Crippen molar-refractivity contribution in [2.24, 2.45) is 0 Å². The number of carbonyl (C=O) groups is 1. The van der Waals surface area contributed by atoms with Crippen LogP contribution >= 0.6 is 11.6 Å². The van der Waals surface area contributed by atoms with Gasteiger partial charge in [-0.3, -0.25) is 4.79 Å². The van der Waals surface area contributed by atoms with E-state index in [9.17, 15) is 15.0 Å². The van der Waals surface area contributed by atoms with Crippen molar-refractivity contribution < 1.29 is 15.0 Å². The highest BCUT2D eigenvalue weighted by Gasteiger charge is 2.19. The van der Waals surface area contributed by atoms with E-state index in [4.69, 9.17) is 11.6 Å². The zero-order valence-corrected chi connectivity index (χ0v) is 14.4. The molecule has 1 fully saturated rings. The summed E-state index contributed by atoms with van der Waals surface area (Å²) >= 11 is 6.03. The summed E-state index contributed by atoms with van der Waals surface area (Å²) < 4.78 is 0. The predicted octanol–water partition coefficient (Wildman–Crippen LogP) is 3.11. The number of anilines is 1. The van der Waals surface area contributed by atoms with Crippen LogP contribution in [0.5, 0.6) is 11.5 Å². The van der Waals surface area contributed by atoms with Gasteiger partial charge in [0.2, 0.25) is 5.91 Å². The number of carbonyl (C=O) groups excluding carboxylic acids is 1. The van der Waals surface area contributed by atoms with Crippen LogP contribution in [0.15, 0.2) is 48.5 Å². The van der Waals surface area contributed by atoms with E-state index in [1.807, 2.05) is 24.3 Å². The highest BCUT2D eigenvalue weighted by atomic mass is 35.5. The molecule has 0 saturated carbocycles. The minimum Gasteiger partial charge on any atom is -0.504 e. The first-order valence-corrected chi connectivity index (χ1v) is 8.40. The summed E-state index contributed by atoms with van der Waals surface area (Å²) in [5.74, 6) is -0.455. The van der Waals surface area contributed by atoms with E-state index in [1.165, 1.54) is 18.2 Å². The molecular weight excluding hydrogens is 340 g/mol. The molecule has 0 aromatic heterocycles. The third-order valence-electron chi connectivity index (χ3n) is 4.18. The Balaban J connectivity index is 1.58. The van der Waals surface area contributed by atoms with Crippen LogP contribution in [-0.4, -0.2) is 47.2 Å². The van der Waals surface area contributed by atoms with E-state index < -0.39 is 0 Å². The molecule has 0 bridgehead atoms. The fraction of sp³-hybridized carbons (Fsp3) is 0.211. The lowest BCUT2D eigenvalue weighted by Crippen LogP contribution is -2.48. The molecule has 0 unspecified atom stereocenters. The molecule has 6 heteroatoms. The number of phenolic OH excluding ortho intramolecular Hbond substituents is 2. The summed E-state index contributed by atoms with van der Waals surface area (Å²) in [4.78, 5) is 16.3. The molecule has 2 aromatic rings. The van der Waals surface area contributed by atoms with Gasteiger partial charge in [-0.1, -0.05) is 23.7 Å². The number of hydrogen-bond donors (Lipinski definition) is 2. The van der Waals surface area contributed by atoms with Gasteiger partial charge in [-0.25, -0.2) is 0 Å². The smallest absolute Gasteiger partial charge is 0.246 e. The Hall–Kier alpha value is -2.66. The molecule has 1 amide bonds. The number of amides is 1. The van der Waals surface area contributed by atoms with Crippen LogP contribution in [0.1, 0.15) is 5.56 Å². The number of piperazine rings is 1. The van der Waals surface area contributed by atoms with Crippen LogP contribution in [0.3, 0.4) is 0 Å². The fourth-order valence-electron chi connectivity index (χ4n) is 2.77. The van der Waals surface area contributed by atoms with Gasteiger partial charge in [0, 0.05) is 43.0 Å². The maximum absolute atomic E-state index is 12.3. The molecule has 1 heterocycles. The molecule has 1 aliphatic rings. The average molecular weight is 359 g/mol. The lowest BCUT2D eigenvalue weighted by atomic mass is 10.2. The van der Waals surface area contributed by atoms with Crippen molar-refractivity contribution in [3.05, 3.63) is 59.1 Å². The van der Waals surface area contributed by atoms with Crippen LogP contribution < -0.4 is 4.90 Å². The van der Waals surface area contributed by atoms with Crippen molar-refractivity contribution in [1.82, 2.24) is 4.90 Å². The fourth-order valence-corrected chi connectivity index (χ4v) is 2.96. The Morgan fingerprint density at radius 3 is 2.44 bits per heavy atom. The Morgan fingerprint density at radius 2 is 1.76 bits per heavy atom. The molecule has 2 N–H and O–H groups in total. The zero-order valence-electron chi connectivity index (χ0n) is 13.6. The first-order chi connectivity index (χ1) is 12.0. The molecule has 0 radical (unpaired) electrons. The molecule has 3 rings (SSSR count). The standard InChI is InChI=1S/C19H19ClN2O3/c20-15-2-1-3-16(13-15)21-8-10-22(11-9-21)19(25)7-5-14-4-6-17(23)18(24)12-14/h1-7,12-13,23-24H,8-11H2/b7-5+. The van der Waals surface area contributed by atoms with Crippen molar-refractivity contribution in [3.63, 3.8) is 0 Å². The SMILES string of the molecule is O=C(/C=C/c1ccc(O)c(O)c1)N1CCN(c2cccc(Cl)c2)CC1. The molecule has 5 nitrogen and oxygen atoms in total. The van der Waals surface area contributed by atoms with E-state index in [-0.39, 0.29) is 17.4 Å². The van der Waals surface area contributed by atoms with Crippen LogP contribution in [-0.2, 0) is 4.79 Å². The molecular formula is C19H19ClN2O3. The Morgan fingerprint density at radius 1 is 1.00 bits per heavy atom. The first kappa shape index (κ1) is 17.2. The summed E-state index contributed by atoms with van der Waals surface area (Å²) in [6.07, 6.45) is 3.12. The van der Waals surface area contributed by atoms with Crippen molar-refractivity contribution in [2.45, 2.75) is 0 Å². The number of halogens is 1. The third kappa shape index (κ3) is 4.25. The molecule has 25 heavy (non-hydrogen) atoms. The van der Waals surface area contributed by atoms with Crippen molar-refractivity contribution in [2.75, 3.05) is 31.1 Å². The van der Waals surface area contributed by atoms with Gasteiger partial charge in [0.1, 0.15) is 0 Å². The second-order valence-electron chi connectivity index (χ2n) is 5.87. The van der Waals surface area contributed by atoms with Gasteiger partial charge in [-0.2, -0.15) is 0 Å². The minimum absolute atomic E-state index is 0.0710. The Kier molecular flexibility index (Phi) is 5.14. The number of benzene rings is 2. The van der Waals surface area contributed by atoms with E-state index in [0.717, 1.165) is 18.8 Å². The largest absolute Gasteiger partial charge is 0.504 e. The minimum atomic E-state index is -0.204. The lowest BCUT2D eigenvalue weighted by Gasteiger charge is -2.35. The normalized spacial score (nSPS) is 14.9. The van der Waals surface area contributed by atoms with Gasteiger partial charge in [0.05, 0.1) is 0 Å². The van der Waals surface area contributed by atoms with Crippen LogP contribution in [0.4, 0.5) is 5.69 Å². The Labute approximate surface area is 151 Å². The van der Waals surface area contributed by atoms with E-state index in [1.54, 1.807) is 17.0 Å². The zero-order chi connectivity index (χ0) is 17.8. The summed E-state index contributed by atoms with van der Waals surface area (Å²) in [6, 6.07) is 12.1. The van der Waals surface area contributed by atoms with Gasteiger partial charge in [-0.05, 0) is 42.0 Å². The average Bonchev–Trinajstić information content (AvgIpc) is 2.62. The summed E-state index contributed by atoms with van der Waals surface area (Å²) in [5.41, 5.74) is 1.72. The predicted molar refractivity (Wildman–Crippen MR) is 99.1 cm³/mol. The summed E-state index contributed by atoms with van der Waals surface area (Å²) in [5, 5.41) is 19.5. The Bertz CT molecular complexity index is 799. The lowest BCUT2D eigenvalue weighted by molar-refractivity contribution is -0.126. The molecule has 0 spiro atoms. The third-order valence-corrected chi connectivity index (χ3v) is 4.42. The second kappa shape index (κ2) is 7.49. The molecule has 0 atom stereocenters. The monoisotopic (exact) mass is 358 g/mol. The number of nitrogens with zero attached hydrogens (tertiary/aromatic N) is 2. The van der Waals surface area contributed by atoms with Crippen LogP contribution in [0.2, 0.25) is 5.02 Å². The van der Waals surface area contributed by atoms with Gasteiger partial charge in [0.15, 0.2) is 11.5 Å². The number of aromatic hydroxyl groups is 2. The van der Waals surface area contributed by atoms with E-state index >= 15 is 0 Å². The molecule has 1 saturated heterocycles. The van der Waals surface area contributed by atoms with E-state index in [2.05, 4.69) is 4.90 Å². The van der Waals surface area contributed by atoms with Crippen LogP contribution in [0.25, 0.3) is 6.08 Å². The summed E-state index contributed by atoms with van der Waals surface area (Å²) in [7, 11) is 0. The molecule has 1 aliphatic heterocycles. The molecule has 130 valence electrons. The maximum atomic E-state index is 12.3. The van der Waals surface area contributed by atoms with Crippen molar-refractivity contribution in [3.8, 4) is 11.5 Å². The maximum Gasteiger partial charge on any atom is 0.246 e. The quantitative estimate of drug-likeness (QED) is 0.653.